The molecule has 2 N–H and O–H groups in total. The van der Waals surface area contributed by atoms with Gasteiger partial charge in [0.15, 0.2) is 11.6 Å². The van der Waals surface area contributed by atoms with Crippen LogP contribution in [0.1, 0.15) is 0 Å². The van der Waals surface area contributed by atoms with Gasteiger partial charge in [-0.3, -0.25) is 0 Å². The molecule has 0 atom stereocenters. The molecule has 0 aliphatic heterocycles. The number of hydrogen-bond donors (Lipinski definition) is 2. The second-order valence-corrected chi connectivity index (χ2v) is 1.55. The molecule has 0 saturated carbocycles. The van der Waals surface area contributed by atoms with Crippen LogP contribution in [0.15, 0.2) is 12.1 Å². The zero-order valence-corrected chi connectivity index (χ0v) is 4.43. The van der Waals surface area contributed by atoms with Gasteiger partial charge in [-0.15, -0.1) is 0 Å². The lowest BCUT2D eigenvalue weighted by Gasteiger charge is -1.92. The average Bonchev–Trinajstić information content (AvgIpc) is 1.80. The van der Waals surface area contributed by atoms with Crippen LogP contribution in [0.4, 0.5) is 4.39 Å². The van der Waals surface area contributed by atoms with E-state index in [0.717, 1.165) is 12.1 Å². The molecule has 0 aliphatic carbocycles. The summed E-state index contributed by atoms with van der Waals surface area (Å²) in [6.07, 6.45) is 0. The van der Waals surface area contributed by atoms with Gasteiger partial charge in [0.2, 0.25) is 0 Å². The van der Waals surface area contributed by atoms with Gasteiger partial charge in [-0.05, 0) is 6.07 Å². The first-order valence-corrected chi connectivity index (χ1v) is 2.29. The Labute approximate surface area is 51.2 Å². The summed E-state index contributed by atoms with van der Waals surface area (Å²) in [5.74, 6) is -1.62. The largest absolute Gasteiger partial charge is 0.507 e. The number of hydrogen-bond acceptors (Lipinski definition) is 2. The topological polar surface area (TPSA) is 40.5 Å². The van der Waals surface area contributed by atoms with Crippen molar-refractivity contribution in [2.24, 2.45) is 0 Å². The van der Waals surface area contributed by atoms with Gasteiger partial charge >= 0.3 is 0 Å². The Morgan fingerprint density at radius 1 is 1.44 bits per heavy atom. The molecule has 0 amide bonds. The summed E-state index contributed by atoms with van der Waals surface area (Å²) in [5.41, 5.74) is 0. The fraction of sp³-hybridized carbons (Fsp3) is 0. The van der Waals surface area contributed by atoms with Crippen molar-refractivity contribution in [3.05, 3.63) is 24.0 Å². The molecule has 0 aromatic heterocycles. The second-order valence-electron chi connectivity index (χ2n) is 1.55. The normalized spacial score (nSPS) is 9.44. The molecule has 0 bridgehead atoms. The fourth-order valence-corrected chi connectivity index (χ4v) is 0.451. The number of phenols is 2. The number of halogens is 1. The molecule has 0 heterocycles. The first kappa shape index (κ1) is 5.88. The summed E-state index contributed by atoms with van der Waals surface area (Å²) in [6.45, 7) is 0. The van der Waals surface area contributed by atoms with Crippen molar-refractivity contribution >= 4 is 0 Å². The highest BCUT2D eigenvalue weighted by atomic mass is 19.1. The Balaban J connectivity index is 3.17. The molecule has 0 fully saturated rings. The average molecular weight is 127 g/mol. The molecule has 3 heteroatoms. The SMILES string of the molecule is Oc1[c]cc(F)c(O)c1. The summed E-state index contributed by atoms with van der Waals surface area (Å²) < 4.78 is 12.1. The molecule has 0 unspecified atom stereocenters. The van der Waals surface area contributed by atoms with Crippen molar-refractivity contribution in [3.8, 4) is 11.5 Å². The van der Waals surface area contributed by atoms with Crippen LogP contribution in [-0.4, -0.2) is 10.2 Å². The lowest BCUT2D eigenvalue weighted by molar-refractivity contribution is 0.418. The van der Waals surface area contributed by atoms with E-state index in [0.29, 0.717) is 0 Å². The van der Waals surface area contributed by atoms with Gasteiger partial charge in [-0.25, -0.2) is 4.39 Å². The Morgan fingerprint density at radius 2 is 2.11 bits per heavy atom. The molecule has 1 aromatic carbocycles. The van der Waals surface area contributed by atoms with Gasteiger partial charge in [-0.2, -0.15) is 0 Å². The van der Waals surface area contributed by atoms with E-state index >= 15 is 0 Å². The van der Waals surface area contributed by atoms with Crippen molar-refractivity contribution < 1.29 is 14.6 Å². The predicted octanol–water partition coefficient (Wildman–Crippen LogP) is 1.04. The first-order valence-electron chi connectivity index (χ1n) is 2.29. The highest BCUT2D eigenvalue weighted by molar-refractivity contribution is 5.30. The van der Waals surface area contributed by atoms with E-state index in [1.165, 1.54) is 0 Å². The Bertz CT molecular complexity index is 222. The maximum Gasteiger partial charge on any atom is 0.165 e. The van der Waals surface area contributed by atoms with E-state index in [1.54, 1.807) is 0 Å². The summed E-state index contributed by atoms with van der Waals surface area (Å²) >= 11 is 0. The van der Waals surface area contributed by atoms with E-state index in [2.05, 4.69) is 6.07 Å². The maximum absolute atomic E-state index is 12.1. The molecule has 1 radical (unpaired) electrons. The van der Waals surface area contributed by atoms with Crippen LogP contribution in [0.25, 0.3) is 0 Å². The van der Waals surface area contributed by atoms with Crippen molar-refractivity contribution in [1.29, 1.82) is 0 Å². The third-order valence-electron chi connectivity index (χ3n) is 0.865. The van der Waals surface area contributed by atoms with Crippen LogP contribution in [0.5, 0.6) is 11.5 Å². The monoisotopic (exact) mass is 127 g/mol. The number of aromatic hydroxyl groups is 2. The predicted molar refractivity (Wildman–Crippen MR) is 28.6 cm³/mol. The molecule has 1 rings (SSSR count). The van der Waals surface area contributed by atoms with Crippen molar-refractivity contribution in [1.82, 2.24) is 0 Å². The van der Waals surface area contributed by atoms with Crippen LogP contribution in [0, 0.1) is 11.9 Å². The summed E-state index contributed by atoms with van der Waals surface area (Å²) in [5, 5.41) is 17.1. The minimum Gasteiger partial charge on any atom is -0.507 e. The Morgan fingerprint density at radius 3 is 2.56 bits per heavy atom. The smallest absolute Gasteiger partial charge is 0.165 e. The Hall–Kier alpha value is -1.25. The van der Waals surface area contributed by atoms with E-state index in [-0.39, 0.29) is 5.75 Å². The van der Waals surface area contributed by atoms with Crippen molar-refractivity contribution in [2.75, 3.05) is 0 Å². The maximum atomic E-state index is 12.1. The molecular formula is C6H4FO2. The third kappa shape index (κ3) is 1.10. The molecule has 0 aliphatic rings. The molecule has 2 nitrogen and oxygen atoms in total. The standard InChI is InChI=1S/C6H4FO2/c7-5-2-1-4(8)3-6(5)9/h2-3,8-9H. The van der Waals surface area contributed by atoms with Crippen LogP contribution >= 0.6 is 0 Å². The molecule has 47 valence electrons. The quantitative estimate of drug-likeness (QED) is 0.546. The zero-order valence-electron chi connectivity index (χ0n) is 4.43. The number of phenolic OH excluding ortho intramolecular Hbond substituents is 2. The van der Waals surface area contributed by atoms with E-state index in [4.69, 9.17) is 10.2 Å². The highest BCUT2D eigenvalue weighted by Gasteiger charge is 1.98. The second kappa shape index (κ2) is 1.93. The van der Waals surface area contributed by atoms with Gasteiger partial charge in [0, 0.05) is 12.1 Å². The highest BCUT2D eigenvalue weighted by Crippen LogP contribution is 2.19. The van der Waals surface area contributed by atoms with Crippen molar-refractivity contribution in [2.45, 2.75) is 0 Å². The van der Waals surface area contributed by atoms with Gasteiger partial charge in [-0.1, -0.05) is 0 Å². The van der Waals surface area contributed by atoms with Gasteiger partial charge in [0.1, 0.15) is 5.75 Å². The fourth-order valence-electron chi connectivity index (χ4n) is 0.451. The van der Waals surface area contributed by atoms with E-state index in [9.17, 15) is 4.39 Å². The third-order valence-corrected chi connectivity index (χ3v) is 0.865. The minimum absolute atomic E-state index is 0.270. The lowest BCUT2D eigenvalue weighted by Crippen LogP contribution is -1.73. The summed E-state index contributed by atoms with van der Waals surface area (Å²) in [7, 11) is 0. The van der Waals surface area contributed by atoms with Crippen LogP contribution < -0.4 is 0 Å². The minimum atomic E-state index is -0.784. The number of benzene rings is 1. The van der Waals surface area contributed by atoms with Gasteiger partial charge in [0.25, 0.3) is 0 Å². The van der Waals surface area contributed by atoms with Crippen LogP contribution in [0.2, 0.25) is 0 Å². The first-order chi connectivity index (χ1) is 4.20. The lowest BCUT2D eigenvalue weighted by atomic mass is 10.3. The zero-order chi connectivity index (χ0) is 6.85. The van der Waals surface area contributed by atoms with E-state index < -0.39 is 11.6 Å². The van der Waals surface area contributed by atoms with Crippen molar-refractivity contribution in [3.63, 3.8) is 0 Å². The number of rotatable bonds is 0. The van der Waals surface area contributed by atoms with Gasteiger partial charge in [0.05, 0.1) is 0 Å². The Kier molecular flexibility index (Phi) is 1.26. The van der Waals surface area contributed by atoms with Crippen LogP contribution in [-0.2, 0) is 0 Å². The van der Waals surface area contributed by atoms with Crippen LogP contribution in [0.3, 0.4) is 0 Å². The summed E-state index contributed by atoms with van der Waals surface area (Å²) in [4.78, 5) is 0. The molecular weight excluding hydrogens is 123 g/mol. The molecule has 9 heavy (non-hydrogen) atoms. The molecule has 1 aromatic rings. The molecule has 0 saturated heterocycles. The summed E-state index contributed by atoms with van der Waals surface area (Å²) in [6, 6.07) is 3.91. The van der Waals surface area contributed by atoms with Gasteiger partial charge < -0.3 is 10.2 Å². The molecule has 0 spiro atoms. The van der Waals surface area contributed by atoms with E-state index in [1.807, 2.05) is 0 Å².